The molecule has 0 aromatic carbocycles. The van der Waals surface area contributed by atoms with Crippen LogP contribution in [0.25, 0.3) is 0 Å². The van der Waals surface area contributed by atoms with Gasteiger partial charge < -0.3 is 9.42 Å². The minimum absolute atomic E-state index is 0.171. The summed E-state index contributed by atoms with van der Waals surface area (Å²) in [5.74, 6) is 1.82. The number of aromatic nitrogens is 2. The highest BCUT2D eigenvalue weighted by molar-refractivity contribution is 5.78. The summed E-state index contributed by atoms with van der Waals surface area (Å²) in [5.41, 5.74) is 0. The van der Waals surface area contributed by atoms with Crippen molar-refractivity contribution in [2.75, 3.05) is 45.8 Å². The molecular weight excluding hydrogens is 294 g/mol. The Kier molecular flexibility index (Phi) is 5.27. The average molecular weight is 321 g/mol. The lowest BCUT2D eigenvalue weighted by atomic mass is 10.2. The van der Waals surface area contributed by atoms with Gasteiger partial charge in [-0.05, 0) is 13.3 Å². The van der Waals surface area contributed by atoms with Crippen molar-refractivity contribution in [2.45, 2.75) is 39.2 Å². The van der Waals surface area contributed by atoms with Crippen LogP contribution >= 0.6 is 0 Å². The molecule has 2 saturated heterocycles. The molecule has 7 nitrogen and oxygen atoms in total. The van der Waals surface area contributed by atoms with Crippen LogP contribution in [-0.2, 0) is 11.2 Å². The summed E-state index contributed by atoms with van der Waals surface area (Å²) in [6, 6.07) is 0.171. The predicted octanol–water partition coefficient (Wildman–Crippen LogP) is 0.933. The molecule has 3 heterocycles. The van der Waals surface area contributed by atoms with Crippen LogP contribution in [0.5, 0.6) is 0 Å². The molecule has 1 aromatic heterocycles. The third-order valence-electron chi connectivity index (χ3n) is 4.97. The summed E-state index contributed by atoms with van der Waals surface area (Å²) >= 11 is 0. The number of hydrogen-bond donors (Lipinski definition) is 0. The molecule has 0 unspecified atom stereocenters. The highest BCUT2D eigenvalue weighted by atomic mass is 16.5. The summed E-state index contributed by atoms with van der Waals surface area (Å²) in [6.45, 7) is 11.0. The molecule has 1 aromatic rings. The molecule has 3 rings (SSSR count). The maximum absolute atomic E-state index is 11.6. The van der Waals surface area contributed by atoms with Crippen molar-refractivity contribution in [2.24, 2.45) is 0 Å². The zero-order valence-electron chi connectivity index (χ0n) is 14.2. The fraction of sp³-hybridized carbons (Fsp3) is 0.812. The van der Waals surface area contributed by atoms with Gasteiger partial charge in [0.2, 0.25) is 11.8 Å². The van der Waals surface area contributed by atoms with Gasteiger partial charge in [-0.2, -0.15) is 4.98 Å². The molecule has 2 fully saturated rings. The first-order chi connectivity index (χ1) is 11.2. The molecule has 0 N–H and O–H groups in total. The van der Waals surface area contributed by atoms with Gasteiger partial charge in [-0.25, -0.2) is 0 Å². The number of rotatable bonds is 6. The van der Waals surface area contributed by atoms with Crippen LogP contribution in [0.4, 0.5) is 0 Å². The second kappa shape index (κ2) is 7.40. The molecule has 7 heteroatoms. The molecule has 0 saturated carbocycles. The number of amides is 1. The Morgan fingerprint density at radius 3 is 2.57 bits per heavy atom. The van der Waals surface area contributed by atoms with Crippen LogP contribution < -0.4 is 0 Å². The Morgan fingerprint density at radius 1 is 1.17 bits per heavy atom. The Bertz CT molecular complexity index is 524. The topological polar surface area (TPSA) is 65.7 Å². The highest BCUT2D eigenvalue weighted by Gasteiger charge is 2.26. The van der Waals surface area contributed by atoms with E-state index in [4.69, 9.17) is 4.52 Å². The van der Waals surface area contributed by atoms with Crippen molar-refractivity contribution in [3.63, 3.8) is 0 Å². The van der Waals surface area contributed by atoms with Gasteiger partial charge in [0.05, 0.1) is 6.04 Å². The molecule has 0 spiro atoms. The van der Waals surface area contributed by atoms with Gasteiger partial charge in [-0.3, -0.25) is 14.6 Å². The molecule has 0 aliphatic carbocycles. The van der Waals surface area contributed by atoms with Crippen LogP contribution in [-0.4, -0.2) is 76.6 Å². The van der Waals surface area contributed by atoms with E-state index in [0.717, 1.165) is 76.8 Å². The monoisotopic (exact) mass is 321 g/mol. The quantitative estimate of drug-likeness (QED) is 0.777. The molecule has 128 valence electrons. The second-order valence-corrected chi connectivity index (χ2v) is 6.44. The van der Waals surface area contributed by atoms with Crippen molar-refractivity contribution < 1.29 is 9.32 Å². The number of hydrogen-bond acceptors (Lipinski definition) is 6. The van der Waals surface area contributed by atoms with Crippen molar-refractivity contribution in [3.8, 4) is 0 Å². The van der Waals surface area contributed by atoms with E-state index in [0.29, 0.717) is 5.91 Å². The van der Waals surface area contributed by atoms with Crippen LogP contribution in [0.15, 0.2) is 4.52 Å². The Labute approximate surface area is 137 Å². The third kappa shape index (κ3) is 3.90. The van der Waals surface area contributed by atoms with Crippen LogP contribution in [0.1, 0.15) is 44.4 Å². The summed E-state index contributed by atoms with van der Waals surface area (Å²) in [4.78, 5) is 22.9. The zero-order valence-corrected chi connectivity index (χ0v) is 14.2. The molecule has 2 aliphatic heterocycles. The van der Waals surface area contributed by atoms with Gasteiger partial charge >= 0.3 is 0 Å². The van der Waals surface area contributed by atoms with E-state index in [9.17, 15) is 4.79 Å². The maximum atomic E-state index is 11.6. The number of nitrogens with zero attached hydrogens (tertiary/aromatic N) is 5. The normalized spacial score (nSPS) is 22.0. The standard InChI is InChI=1S/C16H27N5O2/c1-3-14-17-16(23-18-14)13(2)20-10-7-19(8-11-20)9-12-21-6-4-5-15(21)22/h13H,3-12H2,1-2H3/t13-/m1/s1. The number of aryl methyl sites for hydroxylation is 1. The number of likely N-dealkylation sites (tertiary alicyclic amines) is 1. The minimum atomic E-state index is 0.171. The number of piperazine rings is 1. The first-order valence-corrected chi connectivity index (χ1v) is 8.74. The van der Waals surface area contributed by atoms with Gasteiger partial charge in [0.15, 0.2) is 5.82 Å². The lowest BCUT2D eigenvalue weighted by Gasteiger charge is -2.37. The molecule has 1 atom stereocenters. The lowest BCUT2D eigenvalue weighted by Crippen LogP contribution is -2.49. The molecule has 23 heavy (non-hydrogen) atoms. The predicted molar refractivity (Wildman–Crippen MR) is 85.9 cm³/mol. The summed E-state index contributed by atoms with van der Waals surface area (Å²) < 4.78 is 5.36. The van der Waals surface area contributed by atoms with Gasteiger partial charge in [-0.15, -0.1) is 0 Å². The van der Waals surface area contributed by atoms with E-state index >= 15 is 0 Å². The summed E-state index contributed by atoms with van der Waals surface area (Å²) in [7, 11) is 0. The zero-order chi connectivity index (χ0) is 16.2. The van der Waals surface area contributed by atoms with E-state index in [1.165, 1.54) is 0 Å². The van der Waals surface area contributed by atoms with Gasteiger partial charge in [0.1, 0.15) is 0 Å². The maximum Gasteiger partial charge on any atom is 0.243 e. The van der Waals surface area contributed by atoms with E-state index in [-0.39, 0.29) is 6.04 Å². The first-order valence-electron chi connectivity index (χ1n) is 8.74. The van der Waals surface area contributed by atoms with E-state index in [2.05, 4.69) is 26.9 Å². The largest absolute Gasteiger partial charge is 0.341 e. The first kappa shape index (κ1) is 16.4. The van der Waals surface area contributed by atoms with Crippen molar-refractivity contribution in [1.82, 2.24) is 24.8 Å². The SMILES string of the molecule is CCc1noc([C@@H](C)N2CCN(CCN3CCCC3=O)CC2)n1. The average Bonchev–Trinajstić information content (AvgIpc) is 3.21. The molecular formula is C16H27N5O2. The van der Waals surface area contributed by atoms with Gasteiger partial charge in [0.25, 0.3) is 0 Å². The van der Waals surface area contributed by atoms with E-state index < -0.39 is 0 Å². The number of carbonyl (C=O) groups is 1. The highest BCUT2D eigenvalue weighted by Crippen LogP contribution is 2.20. The lowest BCUT2D eigenvalue weighted by molar-refractivity contribution is -0.127. The Morgan fingerprint density at radius 2 is 1.96 bits per heavy atom. The van der Waals surface area contributed by atoms with Gasteiger partial charge in [-0.1, -0.05) is 12.1 Å². The smallest absolute Gasteiger partial charge is 0.243 e. The fourth-order valence-electron chi connectivity index (χ4n) is 3.31. The van der Waals surface area contributed by atoms with E-state index in [1.807, 2.05) is 11.8 Å². The number of carbonyl (C=O) groups excluding carboxylic acids is 1. The summed E-state index contributed by atoms with van der Waals surface area (Å²) in [6.07, 6.45) is 2.56. The Hall–Kier alpha value is -1.47. The van der Waals surface area contributed by atoms with Crippen LogP contribution in [0, 0.1) is 0 Å². The fourth-order valence-corrected chi connectivity index (χ4v) is 3.31. The molecule has 0 bridgehead atoms. The summed E-state index contributed by atoms with van der Waals surface area (Å²) in [5, 5.41) is 3.99. The Balaban J connectivity index is 1.43. The molecule has 1 amide bonds. The van der Waals surface area contributed by atoms with Crippen molar-refractivity contribution in [3.05, 3.63) is 11.7 Å². The van der Waals surface area contributed by atoms with Crippen molar-refractivity contribution >= 4 is 5.91 Å². The van der Waals surface area contributed by atoms with Gasteiger partial charge in [0, 0.05) is 58.7 Å². The minimum Gasteiger partial charge on any atom is -0.341 e. The third-order valence-corrected chi connectivity index (χ3v) is 4.97. The van der Waals surface area contributed by atoms with Crippen LogP contribution in [0.2, 0.25) is 0 Å². The van der Waals surface area contributed by atoms with Crippen molar-refractivity contribution in [1.29, 1.82) is 0 Å². The van der Waals surface area contributed by atoms with E-state index in [1.54, 1.807) is 0 Å². The molecule has 2 aliphatic rings. The van der Waals surface area contributed by atoms with Crippen LogP contribution in [0.3, 0.4) is 0 Å². The molecule has 0 radical (unpaired) electrons. The second-order valence-electron chi connectivity index (χ2n) is 6.44.